The molecule has 2 N–H and O–H groups in total. The van der Waals surface area contributed by atoms with Crippen molar-refractivity contribution in [1.29, 1.82) is 0 Å². The van der Waals surface area contributed by atoms with E-state index in [0.717, 1.165) is 10.5 Å². The van der Waals surface area contributed by atoms with Crippen LogP contribution in [-0.2, 0) is 15.7 Å². The number of rotatable bonds is 4. The van der Waals surface area contributed by atoms with Crippen molar-refractivity contribution in [3.05, 3.63) is 59.4 Å². The normalized spacial score (nSPS) is 20.4. The van der Waals surface area contributed by atoms with Crippen LogP contribution in [-0.4, -0.2) is 34.2 Å². The molecule has 1 aliphatic heterocycles. The monoisotopic (exact) mass is 353 g/mol. The predicted octanol–water partition coefficient (Wildman–Crippen LogP) is 2.96. The van der Waals surface area contributed by atoms with Gasteiger partial charge in [0.15, 0.2) is 5.78 Å². The van der Waals surface area contributed by atoms with Gasteiger partial charge in [-0.3, -0.25) is 14.5 Å². The van der Waals surface area contributed by atoms with Crippen LogP contribution in [0.25, 0.3) is 0 Å². The topological polar surface area (TPSA) is 82.3 Å². The highest BCUT2D eigenvalue weighted by Gasteiger charge is 2.49. The number of nitrogens with zero attached hydrogens (tertiary/aromatic N) is 1. The number of H-pyrrole nitrogens is 1. The Morgan fingerprint density at radius 3 is 2.31 bits per heavy atom. The molecule has 3 amide bonds. The van der Waals surface area contributed by atoms with Crippen LogP contribution >= 0.6 is 0 Å². The van der Waals surface area contributed by atoms with Gasteiger partial charge in [-0.05, 0) is 35.6 Å². The molecule has 1 aromatic heterocycles. The van der Waals surface area contributed by atoms with E-state index in [4.69, 9.17) is 0 Å². The smallest absolute Gasteiger partial charge is 0.325 e. The maximum Gasteiger partial charge on any atom is 0.325 e. The minimum atomic E-state index is -1.18. The third kappa shape index (κ3) is 3.03. The van der Waals surface area contributed by atoms with E-state index in [1.54, 1.807) is 25.3 Å². The number of urea groups is 1. The first kappa shape index (κ1) is 17.9. The van der Waals surface area contributed by atoms with Crippen LogP contribution in [0.15, 0.2) is 42.6 Å². The fourth-order valence-electron chi connectivity index (χ4n) is 3.07. The van der Waals surface area contributed by atoms with Gasteiger partial charge in [0.1, 0.15) is 5.54 Å². The van der Waals surface area contributed by atoms with E-state index >= 15 is 0 Å². The second-order valence-corrected chi connectivity index (χ2v) is 7.78. The van der Waals surface area contributed by atoms with Crippen LogP contribution in [0.3, 0.4) is 0 Å². The SMILES string of the molecule is CC(C)(C)c1ccc([C@]2(C)NC(=O)N(CC(=O)c3ccc[nH]3)C2=O)cc1. The summed E-state index contributed by atoms with van der Waals surface area (Å²) in [5, 5.41) is 2.73. The average Bonchev–Trinajstić information content (AvgIpc) is 3.18. The van der Waals surface area contributed by atoms with Gasteiger partial charge in [-0.2, -0.15) is 0 Å². The van der Waals surface area contributed by atoms with Gasteiger partial charge in [-0.25, -0.2) is 4.79 Å². The van der Waals surface area contributed by atoms with Crippen molar-refractivity contribution in [2.24, 2.45) is 0 Å². The van der Waals surface area contributed by atoms with E-state index in [1.807, 2.05) is 24.3 Å². The molecule has 2 heterocycles. The van der Waals surface area contributed by atoms with E-state index in [-0.39, 0.29) is 17.7 Å². The van der Waals surface area contributed by atoms with Gasteiger partial charge >= 0.3 is 6.03 Å². The Bertz CT molecular complexity index is 847. The number of hydrogen-bond donors (Lipinski definition) is 2. The number of nitrogens with one attached hydrogen (secondary N) is 2. The highest BCUT2D eigenvalue weighted by atomic mass is 16.2. The lowest BCUT2D eigenvalue weighted by Crippen LogP contribution is -2.41. The Labute approximate surface area is 152 Å². The zero-order valence-electron chi connectivity index (χ0n) is 15.4. The van der Waals surface area contributed by atoms with Crippen LogP contribution in [0.5, 0.6) is 0 Å². The molecule has 2 aromatic rings. The lowest BCUT2D eigenvalue weighted by atomic mass is 9.84. The Balaban J connectivity index is 1.84. The second kappa shape index (κ2) is 6.12. The number of benzene rings is 1. The zero-order chi connectivity index (χ0) is 19.1. The molecule has 1 aliphatic rings. The molecule has 0 radical (unpaired) electrons. The lowest BCUT2D eigenvalue weighted by Gasteiger charge is -2.24. The summed E-state index contributed by atoms with van der Waals surface area (Å²) in [6, 6.07) is 10.4. The minimum Gasteiger partial charge on any atom is -0.359 e. The van der Waals surface area contributed by atoms with Gasteiger partial charge in [0.2, 0.25) is 0 Å². The third-order valence-electron chi connectivity index (χ3n) is 4.80. The maximum absolute atomic E-state index is 12.9. The first-order valence-corrected chi connectivity index (χ1v) is 8.54. The number of amides is 3. The van der Waals surface area contributed by atoms with Gasteiger partial charge in [0.05, 0.1) is 12.2 Å². The summed E-state index contributed by atoms with van der Waals surface area (Å²) in [7, 11) is 0. The Kier molecular flexibility index (Phi) is 4.22. The number of imide groups is 1. The summed E-state index contributed by atoms with van der Waals surface area (Å²) in [5.41, 5.74) is 1.02. The van der Waals surface area contributed by atoms with Crippen molar-refractivity contribution < 1.29 is 14.4 Å². The average molecular weight is 353 g/mol. The largest absolute Gasteiger partial charge is 0.359 e. The van der Waals surface area contributed by atoms with E-state index in [0.29, 0.717) is 11.3 Å². The lowest BCUT2D eigenvalue weighted by molar-refractivity contribution is -0.130. The zero-order valence-corrected chi connectivity index (χ0v) is 15.4. The molecule has 6 nitrogen and oxygen atoms in total. The van der Waals surface area contributed by atoms with Crippen molar-refractivity contribution in [2.45, 2.75) is 38.6 Å². The summed E-state index contributed by atoms with van der Waals surface area (Å²) >= 11 is 0. The summed E-state index contributed by atoms with van der Waals surface area (Å²) in [6.07, 6.45) is 1.62. The van der Waals surface area contributed by atoms with Crippen molar-refractivity contribution in [3.63, 3.8) is 0 Å². The highest BCUT2D eigenvalue weighted by molar-refractivity contribution is 6.10. The number of Topliss-reactive ketones (excluding diaryl/α,β-unsaturated/α-hetero) is 1. The number of aromatic nitrogens is 1. The van der Waals surface area contributed by atoms with E-state index in [1.165, 1.54) is 0 Å². The van der Waals surface area contributed by atoms with Crippen molar-refractivity contribution in [2.75, 3.05) is 6.54 Å². The number of carbonyl (C=O) groups excluding carboxylic acids is 3. The van der Waals surface area contributed by atoms with Gasteiger partial charge in [0.25, 0.3) is 5.91 Å². The molecule has 0 spiro atoms. The van der Waals surface area contributed by atoms with E-state index in [2.05, 4.69) is 31.1 Å². The molecule has 1 fully saturated rings. The first-order valence-electron chi connectivity index (χ1n) is 8.54. The number of carbonyl (C=O) groups is 3. The molecule has 1 saturated heterocycles. The molecule has 0 aliphatic carbocycles. The number of ketones is 1. The van der Waals surface area contributed by atoms with Gasteiger partial charge in [0, 0.05) is 6.20 Å². The van der Waals surface area contributed by atoms with Gasteiger partial charge < -0.3 is 10.3 Å². The minimum absolute atomic E-state index is 0.00311. The molecule has 3 rings (SSSR count). The fraction of sp³-hybridized carbons (Fsp3) is 0.350. The van der Waals surface area contributed by atoms with Gasteiger partial charge in [-0.15, -0.1) is 0 Å². The van der Waals surface area contributed by atoms with E-state index < -0.39 is 17.5 Å². The Morgan fingerprint density at radius 1 is 1.12 bits per heavy atom. The second-order valence-electron chi connectivity index (χ2n) is 7.78. The molecule has 1 atom stereocenters. The molecule has 26 heavy (non-hydrogen) atoms. The predicted molar refractivity (Wildman–Crippen MR) is 97.9 cm³/mol. The third-order valence-corrected chi connectivity index (χ3v) is 4.80. The quantitative estimate of drug-likeness (QED) is 0.655. The Morgan fingerprint density at radius 2 is 1.77 bits per heavy atom. The fourth-order valence-corrected chi connectivity index (χ4v) is 3.07. The van der Waals surface area contributed by atoms with Crippen LogP contribution in [0.2, 0.25) is 0 Å². The molecular formula is C20H23N3O3. The standard InChI is InChI=1S/C20H23N3O3/c1-19(2,3)13-7-9-14(10-8-13)20(4)17(25)23(18(26)22-20)12-16(24)15-6-5-11-21-15/h5-11,21H,12H2,1-4H3,(H,22,26)/t20-/m0/s1. The summed E-state index contributed by atoms with van der Waals surface area (Å²) in [6.45, 7) is 7.71. The van der Waals surface area contributed by atoms with Crippen molar-refractivity contribution in [1.82, 2.24) is 15.2 Å². The summed E-state index contributed by atoms with van der Waals surface area (Å²) < 4.78 is 0. The molecule has 0 unspecified atom stereocenters. The highest BCUT2D eigenvalue weighted by Crippen LogP contribution is 2.31. The van der Waals surface area contributed by atoms with Crippen LogP contribution in [0.4, 0.5) is 4.79 Å². The van der Waals surface area contributed by atoms with Crippen molar-refractivity contribution >= 4 is 17.7 Å². The Hall–Kier alpha value is -2.89. The van der Waals surface area contributed by atoms with Crippen LogP contribution < -0.4 is 5.32 Å². The van der Waals surface area contributed by atoms with Crippen LogP contribution in [0, 0.1) is 0 Å². The van der Waals surface area contributed by atoms with Crippen LogP contribution in [0.1, 0.15) is 49.3 Å². The van der Waals surface area contributed by atoms with Crippen molar-refractivity contribution in [3.8, 4) is 0 Å². The molecule has 0 bridgehead atoms. The summed E-state index contributed by atoms with van der Waals surface area (Å²) in [5.74, 6) is -0.739. The van der Waals surface area contributed by atoms with Gasteiger partial charge in [-0.1, -0.05) is 45.0 Å². The summed E-state index contributed by atoms with van der Waals surface area (Å²) in [4.78, 5) is 41.3. The molecule has 0 saturated carbocycles. The number of hydrogen-bond acceptors (Lipinski definition) is 3. The number of aromatic amines is 1. The van der Waals surface area contributed by atoms with E-state index in [9.17, 15) is 14.4 Å². The maximum atomic E-state index is 12.9. The molecule has 136 valence electrons. The molecular weight excluding hydrogens is 330 g/mol. The molecule has 1 aromatic carbocycles. The molecule has 6 heteroatoms. The first-order chi connectivity index (χ1) is 12.1.